The molecule has 1 radical (unpaired) electrons. The zero-order valence-corrected chi connectivity index (χ0v) is 5.94. The Morgan fingerprint density at radius 1 is 1.75 bits per heavy atom. The van der Waals surface area contributed by atoms with Gasteiger partial charge in [-0.2, -0.15) is 6.08 Å². The second-order valence-electron chi connectivity index (χ2n) is 1.66. The van der Waals surface area contributed by atoms with Crippen LogP contribution in [0.1, 0.15) is 19.8 Å². The first-order valence-electron chi connectivity index (χ1n) is 2.69. The molecule has 47 valence electrons. The summed E-state index contributed by atoms with van der Waals surface area (Å²) < 4.78 is 0. The Morgan fingerprint density at radius 2 is 2.50 bits per heavy atom. The van der Waals surface area contributed by atoms with Crippen LogP contribution < -0.4 is 0 Å². The fourth-order valence-electron chi connectivity index (χ4n) is 0.693. The van der Waals surface area contributed by atoms with Gasteiger partial charge in [0.15, 0.2) is 0 Å². The van der Waals surface area contributed by atoms with Crippen LogP contribution in [0, 0.1) is 6.08 Å². The standard InChI is InChI=1S/C7H9.Co/c1-2-7-5-3-4-6-7;/h3,5H,2,4H2,1H3;/q-1;. The van der Waals surface area contributed by atoms with Gasteiger partial charge in [-0.05, 0) is 0 Å². The molecule has 0 nitrogen and oxygen atoms in total. The Labute approximate surface area is 60.9 Å². The van der Waals surface area contributed by atoms with Crippen LogP contribution in [0.2, 0.25) is 0 Å². The van der Waals surface area contributed by atoms with E-state index in [1.54, 1.807) is 0 Å². The summed E-state index contributed by atoms with van der Waals surface area (Å²) in [6.07, 6.45) is 9.65. The van der Waals surface area contributed by atoms with Crippen molar-refractivity contribution in [1.29, 1.82) is 0 Å². The second-order valence-corrected chi connectivity index (χ2v) is 1.66. The van der Waals surface area contributed by atoms with Crippen molar-refractivity contribution >= 4 is 0 Å². The molecule has 0 N–H and O–H groups in total. The van der Waals surface area contributed by atoms with E-state index in [4.69, 9.17) is 0 Å². The van der Waals surface area contributed by atoms with Gasteiger partial charge in [0.1, 0.15) is 0 Å². The maximum Gasteiger partial charge on any atom is 0 e. The van der Waals surface area contributed by atoms with E-state index in [2.05, 4.69) is 25.2 Å². The van der Waals surface area contributed by atoms with Gasteiger partial charge in [-0.25, -0.2) is 11.6 Å². The minimum absolute atomic E-state index is 0. The SMILES string of the molecule is CCC1=[C-]CC=C1.[Co]. The molecule has 0 atom stereocenters. The van der Waals surface area contributed by atoms with Gasteiger partial charge in [-0.15, -0.1) is 6.42 Å². The van der Waals surface area contributed by atoms with Crippen LogP contribution in [0.3, 0.4) is 0 Å². The summed E-state index contributed by atoms with van der Waals surface area (Å²) in [6.45, 7) is 2.15. The molecule has 0 saturated heterocycles. The van der Waals surface area contributed by atoms with Crippen molar-refractivity contribution in [2.45, 2.75) is 19.8 Å². The molecule has 0 aromatic carbocycles. The van der Waals surface area contributed by atoms with E-state index in [-0.39, 0.29) is 16.8 Å². The first-order valence-corrected chi connectivity index (χ1v) is 2.69. The Hall–Kier alpha value is -0.0135. The molecule has 0 amide bonds. The number of hydrogen-bond donors (Lipinski definition) is 0. The molecule has 0 spiro atoms. The molecule has 0 bridgehead atoms. The Bertz CT molecular complexity index is 112. The van der Waals surface area contributed by atoms with Gasteiger partial charge in [0.2, 0.25) is 0 Å². The molecule has 1 aliphatic rings. The van der Waals surface area contributed by atoms with Gasteiger partial charge in [0, 0.05) is 16.8 Å². The molecule has 0 heterocycles. The van der Waals surface area contributed by atoms with Crippen LogP contribution in [-0.4, -0.2) is 0 Å². The summed E-state index contributed by atoms with van der Waals surface area (Å²) in [5.74, 6) is 0. The summed E-state index contributed by atoms with van der Waals surface area (Å²) in [5, 5.41) is 0. The predicted octanol–water partition coefficient (Wildman–Crippen LogP) is 2.08. The van der Waals surface area contributed by atoms with Gasteiger partial charge in [0.05, 0.1) is 0 Å². The summed E-state index contributed by atoms with van der Waals surface area (Å²) >= 11 is 0. The third-order valence-electron chi connectivity index (χ3n) is 1.15. The minimum Gasteiger partial charge on any atom is -0.270 e. The van der Waals surface area contributed by atoms with Crippen LogP contribution in [0.4, 0.5) is 0 Å². The zero-order valence-electron chi connectivity index (χ0n) is 4.90. The van der Waals surface area contributed by atoms with Crippen molar-refractivity contribution < 1.29 is 16.8 Å². The van der Waals surface area contributed by atoms with E-state index >= 15 is 0 Å². The van der Waals surface area contributed by atoms with Crippen molar-refractivity contribution in [3.8, 4) is 0 Å². The molecule has 0 aromatic rings. The van der Waals surface area contributed by atoms with Gasteiger partial charge in [-0.3, -0.25) is 6.08 Å². The third-order valence-corrected chi connectivity index (χ3v) is 1.15. The Balaban J connectivity index is 0.000000490. The fourth-order valence-corrected chi connectivity index (χ4v) is 0.693. The Kier molecular flexibility index (Phi) is 3.92. The molecule has 0 fully saturated rings. The normalized spacial score (nSPS) is 15.4. The maximum atomic E-state index is 3.21. The molecule has 0 aromatic heterocycles. The van der Waals surface area contributed by atoms with Crippen LogP contribution in [-0.2, 0) is 16.8 Å². The van der Waals surface area contributed by atoms with Crippen LogP contribution in [0.25, 0.3) is 0 Å². The predicted molar refractivity (Wildman–Crippen MR) is 30.8 cm³/mol. The van der Waals surface area contributed by atoms with Crippen molar-refractivity contribution in [3.05, 3.63) is 23.8 Å². The average molecular weight is 152 g/mol. The summed E-state index contributed by atoms with van der Waals surface area (Å²) in [5.41, 5.74) is 1.36. The van der Waals surface area contributed by atoms with Crippen LogP contribution in [0.5, 0.6) is 0 Å². The fraction of sp³-hybridized carbons (Fsp3) is 0.429. The van der Waals surface area contributed by atoms with Gasteiger partial charge in [0.25, 0.3) is 0 Å². The van der Waals surface area contributed by atoms with E-state index in [1.165, 1.54) is 5.57 Å². The monoisotopic (exact) mass is 152 g/mol. The number of hydrogen-bond acceptors (Lipinski definition) is 0. The van der Waals surface area contributed by atoms with Crippen LogP contribution in [0.15, 0.2) is 17.7 Å². The molecule has 1 heteroatoms. The van der Waals surface area contributed by atoms with Crippen molar-refractivity contribution in [3.63, 3.8) is 0 Å². The smallest absolute Gasteiger partial charge is 0 e. The van der Waals surface area contributed by atoms with Crippen molar-refractivity contribution in [1.82, 2.24) is 0 Å². The topological polar surface area (TPSA) is 0 Å². The number of allylic oxidation sites excluding steroid dienone is 4. The molecule has 1 rings (SSSR count). The molecule has 0 saturated carbocycles. The molecular weight excluding hydrogens is 143 g/mol. The minimum atomic E-state index is 0. The third kappa shape index (κ3) is 1.84. The summed E-state index contributed by atoms with van der Waals surface area (Å²) in [7, 11) is 0. The average Bonchev–Trinajstić information content (AvgIpc) is 2.14. The van der Waals surface area contributed by atoms with E-state index < -0.39 is 0 Å². The van der Waals surface area contributed by atoms with E-state index in [0.717, 1.165) is 12.8 Å². The molecule has 8 heavy (non-hydrogen) atoms. The molecule has 0 unspecified atom stereocenters. The molecular formula is C7H9Co-. The van der Waals surface area contributed by atoms with Crippen molar-refractivity contribution in [2.75, 3.05) is 0 Å². The van der Waals surface area contributed by atoms with E-state index in [0.29, 0.717) is 0 Å². The summed E-state index contributed by atoms with van der Waals surface area (Å²) in [6, 6.07) is 0. The second kappa shape index (κ2) is 3.93. The van der Waals surface area contributed by atoms with Gasteiger partial charge >= 0.3 is 0 Å². The zero-order chi connectivity index (χ0) is 5.11. The first kappa shape index (κ1) is 7.99. The van der Waals surface area contributed by atoms with Crippen molar-refractivity contribution in [2.24, 2.45) is 0 Å². The first-order chi connectivity index (χ1) is 3.43. The summed E-state index contributed by atoms with van der Waals surface area (Å²) in [4.78, 5) is 0. The van der Waals surface area contributed by atoms with Gasteiger partial charge in [-0.1, -0.05) is 13.3 Å². The van der Waals surface area contributed by atoms with E-state index in [1.807, 2.05) is 0 Å². The van der Waals surface area contributed by atoms with Gasteiger partial charge < -0.3 is 0 Å². The quantitative estimate of drug-likeness (QED) is 0.504. The molecule has 0 aliphatic heterocycles. The largest absolute Gasteiger partial charge is 0.270 e. The van der Waals surface area contributed by atoms with Crippen LogP contribution >= 0.6 is 0 Å². The maximum absolute atomic E-state index is 3.21. The molecule has 1 aliphatic carbocycles. The number of rotatable bonds is 1. The Morgan fingerprint density at radius 3 is 2.75 bits per heavy atom. The van der Waals surface area contributed by atoms with E-state index in [9.17, 15) is 0 Å².